The summed E-state index contributed by atoms with van der Waals surface area (Å²) in [5.41, 5.74) is 1.20. The molecule has 0 spiro atoms. The van der Waals surface area contributed by atoms with E-state index in [1.807, 2.05) is 12.1 Å². The highest BCUT2D eigenvalue weighted by atomic mass is 16.2. The van der Waals surface area contributed by atoms with Gasteiger partial charge in [-0.1, -0.05) is 18.6 Å². The molecule has 1 aliphatic rings. The van der Waals surface area contributed by atoms with Crippen LogP contribution in [0.2, 0.25) is 0 Å². The maximum absolute atomic E-state index is 12.2. The third kappa shape index (κ3) is 4.97. The van der Waals surface area contributed by atoms with Crippen LogP contribution in [0.1, 0.15) is 49.4 Å². The Kier molecular flexibility index (Phi) is 5.93. The number of ketones is 1. The van der Waals surface area contributed by atoms with Gasteiger partial charge >= 0.3 is 0 Å². The number of likely N-dealkylation sites (tertiary alicyclic amines) is 1. The Morgan fingerprint density at radius 3 is 2.33 bits per heavy atom. The van der Waals surface area contributed by atoms with Crippen molar-refractivity contribution in [2.24, 2.45) is 0 Å². The highest BCUT2D eigenvalue weighted by Crippen LogP contribution is 2.15. The molecule has 1 aromatic rings. The van der Waals surface area contributed by atoms with Gasteiger partial charge in [-0.15, -0.1) is 0 Å². The average molecular weight is 289 g/mol. The highest BCUT2D eigenvalue weighted by Gasteiger charge is 2.17. The van der Waals surface area contributed by atoms with Crippen molar-refractivity contribution in [2.75, 3.05) is 25.0 Å². The second-order valence-electron chi connectivity index (χ2n) is 5.84. The summed E-state index contributed by atoms with van der Waals surface area (Å²) in [6.07, 6.45) is 6.28. The lowest BCUT2D eigenvalue weighted by Gasteiger charge is -2.21. The van der Waals surface area contributed by atoms with Crippen LogP contribution >= 0.6 is 0 Å². The molecular formula is C17H25N2O2+. The van der Waals surface area contributed by atoms with Crippen LogP contribution in [0.15, 0.2) is 24.3 Å². The Balaban J connectivity index is 1.93. The van der Waals surface area contributed by atoms with E-state index in [1.165, 1.54) is 43.9 Å². The summed E-state index contributed by atoms with van der Waals surface area (Å²) in [5.74, 6) is -0.0243. The number of para-hydroxylation sites is 1. The number of rotatable bonds is 4. The summed E-state index contributed by atoms with van der Waals surface area (Å²) < 4.78 is 0. The van der Waals surface area contributed by atoms with E-state index < -0.39 is 0 Å². The smallest absolute Gasteiger partial charge is 0.279 e. The molecule has 0 unspecified atom stereocenters. The van der Waals surface area contributed by atoms with Gasteiger partial charge in [-0.05, 0) is 44.7 Å². The number of carbonyl (C=O) groups is 2. The molecular weight excluding hydrogens is 264 g/mol. The zero-order valence-corrected chi connectivity index (χ0v) is 12.8. The highest BCUT2D eigenvalue weighted by molar-refractivity contribution is 6.03. The summed E-state index contributed by atoms with van der Waals surface area (Å²) in [4.78, 5) is 25.1. The minimum Gasteiger partial charge on any atom is -0.327 e. The minimum absolute atomic E-state index is 0.000673. The number of Topliss-reactive ketones (excluding diaryl/α,β-unsaturated/α-hetero) is 1. The first-order chi connectivity index (χ1) is 10.2. The summed E-state index contributed by atoms with van der Waals surface area (Å²) in [7, 11) is 0. The normalized spacial score (nSPS) is 16.8. The molecule has 1 saturated heterocycles. The maximum Gasteiger partial charge on any atom is 0.279 e. The molecule has 0 bridgehead atoms. The van der Waals surface area contributed by atoms with Crippen LogP contribution < -0.4 is 10.2 Å². The maximum atomic E-state index is 12.2. The Morgan fingerprint density at radius 2 is 1.67 bits per heavy atom. The van der Waals surface area contributed by atoms with Crippen LogP contribution in [-0.2, 0) is 4.79 Å². The molecule has 2 rings (SSSR count). The molecule has 0 saturated carbocycles. The first-order valence-electron chi connectivity index (χ1n) is 7.90. The fourth-order valence-electron chi connectivity index (χ4n) is 2.90. The van der Waals surface area contributed by atoms with Crippen molar-refractivity contribution < 1.29 is 14.5 Å². The topological polar surface area (TPSA) is 50.6 Å². The van der Waals surface area contributed by atoms with E-state index in [2.05, 4.69) is 5.32 Å². The minimum atomic E-state index is -0.0236. The molecule has 2 N–H and O–H groups in total. The summed E-state index contributed by atoms with van der Waals surface area (Å²) in [6, 6.07) is 7.19. The quantitative estimate of drug-likeness (QED) is 0.829. The lowest BCUT2D eigenvalue weighted by Crippen LogP contribution is -3.13. The second-order valence-corrected chi connectivity index (χ2v) is 5.84. The van der Waals surface area contributed by atoms with Crippen molar-refractivity contribution >= 4 is 17.4 Å². The van der Waals surface area contributed by atoms with Crippen LogP contribution in [0, 0.1) is 0 Å². The largest absolute Gasteiger partial charge is 0.327 e. The van der Waals surface area contributed by atoms with E-state index in [0.717, 1.165) is 13.1 Å². The van der Waals surface area contributed by atoms with Gasteiger partial charge in [-0.3, -0.25) is 9.59 Å². The van der Waals surface area contributed by atoms with Gasteiger partial charge < -0.3 is 10.2 Å². The molecule has 1 heterocycles. The lowest BCUT2D eigenvalue weighted by atomic mass is 10.1. The van der Waals surface area contributed by atoms with Crippen molar-refractivity contribution in [2.45, 2.75) is 39.0 Å². The Hall–Kier alpha value is -1.68. The van der Waals surface area contributed by atoms with Gasteiger partial charge in [0.2, 0.25) is 0 Å². The number of carbonyl (C=O) groups excluding carboxylic acids is 2. The molecule has 114 valence electrons. The molecule has 21 heavy (non-hydrogen) atoms. The van der Waals surface area contributed by atoms with Gasteiger partial charge in [0.1, 0.15) is 0 Å². The van der Waals surface area contributed by atoms with Gasteiger partial charge in [0.05, 0.1) is 18.8 Å². The molecule has 1 amide bonds. The third-order valence-electron chi connectivity index (χ3n) is 4.05. The Labute approximate surface area is 126 Å². The number of quaternary nitrogens is 1. The first-order valence-corrected chi connectivity index (χ1v) is 7.90. The zero-order valence-electron chi connectivity index (χ0n) is 12.8. The molecule has 4 nitrogen and oxygen atoms in total. The van der Waals surface area contributed by atoms with E-state index in [0.29, 0.717) is 17.8 Å². The fraction of sp³-hybridized carbons (Fsp3) is 0.529. The predicted octanol–water partition coefficient (Wildman–Crippen LogP) is 1.68. The van der Waals surface area contributed by atoms with Gasteiger partial charge in [0.15, 0.2) is 12.3 Å². The average Bonchev–Trinajstić information content (AvgIpc) is 2.42. The second kappa shape index (κ2) is 7.93. The van der Waals surface area contributed by atoms with Crippen molar-refractivity contribution in [1.29, 1.82) is 0 Å². The van der Waals surface area contributed by atoms with Crippen molar-refractivity contribution in [3.05, 3.63) is 29.8 Å². The van der Waals surface area contributed by atoms with Crippen molar-refractivity contribution in [1.82, 2.24) is 0 Å². The molecule has 4 heteroatoms. The standard InChI is InChI=1S/C17H24N2O2/c1-14(20)15-9-5-6-10-16(15)18-17(21)13-19-11-7-3-2-4-8-12-19/h5-6,9-10H,2-4,7-8,11-13H2,1H3,(H,18,21)/p+1. The SMILES string of the molecule is CC(=O)c1ccccc1NC(=O)C[NH+]1CCCCCCC1. The molecule has 0 aliphatic carbocycles. The van der Waals surface area contributed by atoms with Gasteiger partial charge in [0, 0.05) is 5.56 Å². The van der Waals surface area contributed by atoms with E-state index >= 15 is 0 Å². The Morgan fingerprint density at radius 1 is 1.05 bits per heavy atom. The number of benzene rings is 1. The first kappa shape index (κ1) is 15.7. The predicted molar refractivity (Wildman–Crippen MR) is 83.7 cm³/mol. The van der Waals surface area contributed by atoms with Crippen LogP contribution in [0.25, 0.3) is 0 Å². The summed E-state index contributed by atoms with van der Waals surface area (Å²) in [6.45, 7) is 4.16. The van der Waals surface area contributed by atoms with Crippen LogP contribution in [0.4, 0.5) is 5.69 Å². The van der Waals surface area contributed by atoms with Crippen LogP contribution in [-0.4, -0.2) is 31.3 Å². The number of hydrogen-bond acceptors (Lipinski definition) is 2. The molecule has 1 aromatic carbocycles. The molecule has 0 radical (unpaired) electrons. The molecule has 1 fully saturated rings. The van der Waals surface area contributed by atoms with E-state index in [1.54, 1.807) is 12.1 Å². The van der Waals surface area contributed by atoms with E-state index in [-0.39, 0.29) is 11.7 Å². The zero-order chi connectivity index (χ0) is 15.1. The monoisotopic (exact) mass is 289 g/mol. The van der Waals surface area contributed by atoms with E-state index in [4.69, 9.17) is 0 Å². The Bertz CT molecular complexity index is 491. The molecule has 0 aromatic heterocycles. The number of hydrogen-bond donors (Lipinski definition) is 2. The number of amides is 1. The summed E-state index contributed by atoms with van der Waals surface area (Å²) >= 11 is 0. The van der Waals surface area contributed by atoms with Crippen molar-refractivity contribution in [3.8, 4) is 0 Å². The van der Waals surface area contributed by atoms with Gasteiger partial charge in [0.25, 0.3) is 5.91 Å². The van der Waals surface area contributed by atoms with Gasteiger partial charge in [-0.25, -0.2) is 0 Å². The van der Waals surface area contributed by atoms with Crippen LogP contribution in [0.3, 0.4) is 0 Å². The fourth-order valence-corrected chi connectivity index (χ4v) is 2.90. The third-order valence-corrected chi connectivity index (χ3v) is 4.05. The van der Waals surface area contributed by atoms with Crippen LogP contribution in [0.5, 0.6) is 0 Å². The summed E-state index contributed by atoms with van der Waals surface area (Å²) in [5, 5.41) is 2.89. The number of anilines is 1. The molecule has 1 aliphatic heterocycles. The lowest BCUT2D eigenvalue weighted by molar-refractivity contribution is -0.892. The van der Waals surface area contributed by atoms with Crippen molar-refractivity contribution in [3.63, 3.8) is 0 Å². The number of nitrogens with one attached hydrogen (secondary N) is 2. The molecule has 0 atom stereocenters. The van der Waals surface area contributed by atoms with Gasteiger partial charge in [-0.2, -0.15) is 0 Å². The van der Waals surface area contributed by atoms with E-state index in [9.17, 15) is 9.59 Å².